The van der Waals surface area contributed by atoms with Crippen molar-refractivity contribution in [2.45, 2.75) is 32.2 Å². The molecule has 1 aliphatic rings. The zero-order valence-electron chi connectivity index (χ0n) is 18.0. The second-order valence-electron chi connectivity index (χ2n) is 7.79. The van der Waals surface area contributed by atoms with Crippen LogP contribution in [0.2, 0.25) is 5.02 Å². The first-order chi connectivity index (χ1) is 15.5. The van der Waals surface area contributed by atoms with E-state index in [9.17, 15) is 9.59 Å². The highest BCUT2D eigenvalue weighted by molar-refractivity contribution is 6.31. The zero-order valence-corrected chi connectivity index (χ0v) is 18.7. The lowest BCUT2D eigenvalue weighted by molar-refractivity contribution is -0.122. The maximum Gasteiger partial charge on any atom is 0.259 e. The molecule has 9 nitrogen and oxygen atoms in total. The minimum atomic E-state index is -0.263. The van der Waals surface area contributed by atoms with E-state index in [4.69, 9.17) is 16.3 Å². The van der Waals surface area contributed by atoms with E-state index in [1.165, 1.54) is 10.9 Å². The lowest BCUT2D eigenvalue weighted by Gasteiger charge is -2.10. The van der Waals surface area contributed by atoms with Crippen LogP contribution < -0.4 is 10.6 Å². The summed E-state index contributed by atoms with van der Waals surface area (Å²) in [6.45, 7) is 2.87. The molecule has 10 heteroatoms. The third kappa shape index (κ3) is 5.00. The number of hydrogen-bond acceptors (Lipinski definition) is 5. The molecule has 0 atom stereocenters. The number of benzene rings is 1. The molecule has 4 rings (SSSR count). The van der Waals surface area contributed by atoms with Gasteiger partial charge in [0.2, 0.25) is 5.91 Å². The summed E-state index contributed by atoms with van der Waals surface area (Å²) in [6, 6.07) is 5.75. The van der Waals surface area contributed by atoms with Crippen LogP contribution in [0.15, 0.2) is 36.8 Å². The molecule has 32 heavy (non-hydrogen) atoms. The lowest BCUT2D eigenvalue weighted by atomic mass is 10.1. The molecule has 0 aliphatic heterocycles. The summed E-state index contributed by atoms with van der Waals surface area (Å²) in [5.74, 6) is -0.158. The highest BCUT2D eigenvalue weighted by Gasteiger charge is 2.33. The van der Waals surface area contributed by atoms with Gasteiger partial charge in [0.05, 0.1) is 41.6 Å². The standard InChI is InChI=1S/C22H25ClN6O3/c1-14-3-6-17(9-19(14)23)29-21(15-4-5-15)18(11-26-29)22(31)27-16-10-25-28(12-16)13-20(30)24-7-8-32-2/h3,6,9-12,15H,4-5,7-8,13H2,1-2H3,(H,24,30)(H,27,31). The highest BCUT2D eigenvalue weighted by Crippen LogP contribution is 2.42. The fourth-order valence-corrected chi connectivity index (χ4v) is 3.59. The van der Waals surface area contributed by atoms with E-state index in [0.717, 1.165) is 29.8 Å². The number of carbonyl (C=O) groups is 2. The van der Waals surface area contributed by atoms with Crippen LogP contribution in [0, 0.1) is 6.92 Å². The van der Waals surface area contributed by atoms with Crippen LogP contribution in [0.4, 0.5) is 5.69 Å². The molecule has 1 fully saturated rings. The first-order valence-electron chi connectivity index (χ1n) is 10.4. The van der Waals surface area contributed by atoms with Crippen molar-refractivity contribution < 1.29 is 14.3 Å². The van der Waals surface area contributed by atoms with Gasteiger partial charge in [-0.05, 0) is 37.5 Å². The largest absolute Gasteiger partial charge is 0.383 e. The van der Waals surface area contributed by atoms with Gasteiger partial charge in [0, 0.05) is 30.8 Å². The topological polar surface area (TPSA) is 103 Å². The summed E-state index contributed by atoms with van der Waals surface area (Å²) >= 11 is 6.30. The Hall–Kier alpha value is -3.17. The van der Waals surface area contributed by atoms with Crippen molar-refractivity contribution in [1.82, 2.24) is 24.9 Å². The number of ether oxygens (including phenoxy) is 1. The van der Waals surface area contributed by atoms with Crippen molar-refractivity contribution in [2.75, 3.05) is 25.6 Å². The maximum absolute atomic E-state index is 13.0. The minimum Gasteiger partial charge on any atom is -0.383 e. The highest BCUT2D eigenvalue weighted by atomic mass is 35.5. The molecule has 0 unspecified atom stereocenters. The van der Waals surface area contributed by atoms with Crippen LogP contribution >= 0.6 is 11.6 Å². The number of rotatable bonds is 9. The molecule has 0 bridgehead atoms. The molecule has 2 heterocycles. The number of carbonyl (C=O) groups excluding carboxylic acids is 2. The monoisotopic (exact) mass is 456 g/mol. The maximum atomic E-state index is 13.0. The van der Waals surface area contributed by atoms with E-state index in [0.29, 0.717) is 29.4 Å². The number of aromatic nitrogens is 4. The van der Waals surface area contributed by atoms with E-state index in [-0.39, 0.29) is 24.3 Å². The van der Waals surface area contributed by atoms with Gasteiger partial charge in [0.1, 0.15) is 6.54 Å². The van der Waals surface area contributed by atoms with Gasteiger partial charge in [-0.25, -0.2) is 4.68 Å². The molecule has 2 N–H and O–H groups in total. The molecule has 1 aliphatic carbocycles. The predicted octanol–water partition coefficient (Wildman–Crippen LogP) is 2.92. The van der Waals surface area contributed by atoms with E-state index < -0.39 is 0 Å². The Balaban J connectivity index is 1.47. The van der Waals surface area contributed by atoms with Gasteiger partial charge in [0.15, 0.2) is 0 Å². The Morgan fingerprint density at radius 1 is 1.25 bits per heavy atom. The van der Waals surface area contributed by atoms with Gasteiger partial charge in [-0.15, -0.1) is 0 Å². The first-order valence-corrected chi connectivity index (χ1v) is 10.8. The van der Waals surface area contributed by atoms with Crippen LogP contribution in [0.3, 0.4) is 0 Å². The Morgan fingerprint density at radius 2 is 2.06 bits per heavy atom. The molecule has 0 spiro atoms. The smallest absolute Gasteiger partial charge is 0.259 e. The van der Waals surface area contributed by atoms with Gasteiger partial charge < -0.3 is 15.4 Å². The summed E-state index contributed by atoms with van der Waals surface area (Å²) in [7, 11) is 1.57. The summed E-state index contributed by atoms with van der Waals surface area (Å²) in [4.78, 5) is 24.9. The number of methoxy groups -OCH3 is 1. The molecule has 1 saturated carbocycles. The molecule has 2 amide bonds. The van der Waals surface area contributed by atoms with E-state index >= 15 is 0 Å². The number of nitrogens with zero attached hydrogens (tertiary/aromatic N) is 4. The Labute approximate surface area is 190 Å². The molecule has 0 saturated heterocycles. The summed E-state index contributed by atoms with van der Waals surface area (Å²) in [5, 5.41) is 14.9. The van der Waals surface area contributed by atoms with Gasteiger partial charge in [-0.1, -0.05) is 17.7 Å². The van der Waals surface area contributed by atoms with Crippen molar-refractivity contribution in [1.29, 1.82) is 0 Å². The van der Waals surface area contributed by atoms with Gasteiger partial charge in [-0.2, -0.15) is 10.2 Å². The van der Waals surface area contributed by atoms with Gasteiger partial charge in [-0.3, -0.25) is 14.3 Å². The van der Waals surface area contributed by atoms with Gasteiger partial charge >= 0.3 is 0 Å². The molecule has 0 radical (unpaired) electrons. The van der Waals surface area contributed by atoms with Crippen molar-refractivity contribution in [2.24, 2.45) is 0 Å². The quantitative estimate of drug-likeness (QED) is 0.482. The fourth-order valence-electron chi connectivity index (χ4n) is 3.41. The van der Waals surface area contributed by atoms with Gasteiger partial charge in [0.25, 0.3) is 5.91 Å². The van der Waals surface area contributed by atoms with Crippen LogP contribution in [-0.2, 0) is 16.1 Å². The summed E-state index contributed by atoms with van der Waals surface area (Å²) in [6.07, 6.45) is 6.75. The van der Waals surface area contributed by atoms with E-state index in [2.05, 4.69) is 20.8 Å². The number of amides is 2. The number of aryl methyl sites for hydroxylation is 1. The van der Waals surface area contributed by atoms with Crippen LogP contribution in [0.5, 0.6) is 0 Å². The number of anilines is 1. The third-order valence-corrected chi connectivity index (χ3v) is 5.65. The Morgan fingerprint density at radius 3 is 2.78 bits per heavy atom. The van der Waals surface area contributed by atoms with Crippen molar-refractivity contribution in [3.8, 4) is 5.69 Å². The number of halogens is 1. The fraction of sp³-hybridized carbons (Fsp3) is 0.364. The lowest BCUT2D eigenvalue weighted by Crippen LogP contribution is -2.30. The first kappa shape index (κ1) is 22.0. The predicted molar refractivity (Wildman–Crippen MR) is 120 cm³/mol. The van der Waals surface area contributed by atoms with Crippen molar-refractivity contribution >= 4 is 29.1 Å². The average molecular weight is 457 g/mol. The molecular weight excluding hydrogens is 432 g/mol. The number of hydrogen-bond donors (Lipinski definition) is 2. The van der Waals surface area contributed by atoms with E-state index in [1.54, 1.807) is 24.2 Å². The SMILES string of the molecule is COCCNC(=O)Cn1cc(NC(=O)c2cnn(-c3ccc(C)c(Cl)c3)c2C2CC2)cn1. The average Bonchev–Trinajstić information content (AvgIpc) is 3.35. The molecule has 3 aromatic rings. The van der Waals surface area contributed by atoms with Crippen LogP contribution in [0.25, 0.3) is 5.69 Å². The molecular formula is C22H25ClN6O3. The second kappa shape index (κ2) is 9.54. The summed E-state index contributed by atoms with van der Waals surface area (Å²) < 4.78 is 8.17. The van der Waals surface area contributed by atoms with Crippen LogP contribution in [-0.4, -0.2) is 51.6 Å². The summed E-state index contributed by atoms with van der Waals surface area (Å²) in [5.41, 5.74) is 3.72. The van der Waals surface area contributed by atoms with E-state index in [1.807, 2.05) is 25.1 Å². The normalized spacial score (nSPS) is 13.2. The molecule has 1 aromatic carbocycles. The Kier molecular flexibility index (Phi) is 6.57. The second-order valence-corrected chi connectivity index (χ2v) is 8.19. The van der Waals surface area contributed by atoms with Crippen LogP contribution in [0.1, 0.15) is 40.4 Å². The number of nitrogens with one attached hydrogen (secondary N) is 2. The Bertz CT molecular complexity index is 1130. The molecule has 2 aromatic heterocycles. The molecule has 168 valence electrons. The third-order valence-electron chi connectivity index (χ3n) is 5.24. The van der Waals surface area contributed by atoms with Crippen molar-refractivity contribution in [3.63, 3.8) is 0 Å². The minimum absolute atomic E-state index is 0.0546. The van der Waals surface area contributed by atoms with Crippen molar-refractivity contribution in [3.05, 3.63) is 58.6 Å². The zero-order chi connectivity index (χ0) is 22.7.